The minimum absolute atomic E-state index is 0.0567. The molecule has 0 unspecified atom stereocenters. The Balaban J connectivity index is 2.19. The quantitative estimate of drug-likeness (QED) is 0.702. The van der Waals surface area contributed by atoms with Crippen molar-refractivity contribution in [3.8, 4) is 5.75 Å². The predicted molar refractivity (Wildman–Crippen MR) is 94.3 cm³/mol. The van der Waals surface area contributed by atoms with E-state index in [4.69, 9.17) is 27.9 Å². The molecule has 0 saturated heterocycles. The first-order valence-corrected chi connectivity index (χ1v) is 8.15. The zero-order valence-electron chi connectivity index (χ0n) is 12.0. The summed E-state index contributed by atoms with van der Waals surface area (Å²) >= 11 is 15.4. The van der Waals surface area contributed by atoms with E-state index < -0.39 is 0 Å². The van der Waals surface area contributed by atoms with Crippen LogP contribution < -0.4 is 10.1 Å². The molecular weight excluding hydrogens is 389 g/mol. The van der Waals surface area contributed by atoms with Crippen LogP contribution in [0.1, 0.15) is 24.2 Å². The molecule has 0 aromatic heterocycles. The van der Waals surface area contributed by atoms with Gasteiger partial charge in [0.15, 0.2) is 0 Å². The Morgan fingerprint density at radius 1 is 1.23 bits per heavy atom. The summed E-state index contributed by atoms with van der Waals surface area (Å²) in [7, 11) is 0. The number of nitrogens with one attached hydrogen (secondary N) is 1. The molecule has 1 amide bonds. The number of ether oxygens (including phenoxy) is 1. The molecule has 3 nitrogen and oxygen atoms in total. The van der Waals surface area contributed by atoms with Crippen molar-refractivity contribution in [3.63, 3.8) is 0 Å². The van der Waals surface area contributed by atoms with Gasteiger partial charge in [0.2, 0.25) is 0 Å². The van der Waals surface area contributed by atoms with E-state index in [0.717, 1.165) is 0 Å². The number of carbonyl (C=O) groups is 1. The van der Waals surface area contributed by atoms with Gasteiger partial charge in [-0.3, -0.25) is 4.79 Å². The van der Waals surface area contributed by atoms with E-state index in [1.807, 2.05) is 13.8 Å². The summed E-state index contributed by atoms with van der Waals surface area (Å²) < 4.78 is 6.33. The SMILES string of the molecule is CC(C)Oc1ccc(C(=O)Nc2cccc(Cl)c2Cl)cc1Br. The molecule has 0 heterocycles. The molecule has 1 N–H and O–H groups in total. The van der Waals surface area contributed by atoms with Crippen molar-refractivity contribution in [2.24, 2.45) is 0 Å². The van der Waals surface area contributed by atoms with Crippen LogP contribution in [0.25, 0.3) is 0 Å². The van der Waals surface area contributed by atoms with Crippen LogP contribution in [0.4, 0.5) is 5.69 Å². The number of benzene rings is 2. The number of anilines is 1. The lowest BCUT2D eigenvalue weighted by Gasteiger charge is -2.13. The zero-order chi connectivity index (χ0) is 16.3. The highest BCUT2D eigenvalue weighted by molar-refractivity contribution is 9.10. The third kappa shape index (κ3) is 4.15. The van der Waals surface area contributed by atoms with Gasteiger partial charge in [0, 0.05) is 5.56 Å². The van der Waals surface area contributed by atoms with Crippen LogP contribution >= 0.6 is 39.1 Å². The summed E-state index contributed by atoms with van der Waals surface area (Å²) in [6.45, 7) is 3.88. The highest BCUT2D eigenvalue weighted by Crippen LogP contribution is 2.31. The lowest BCUT2D eigenvalue weighted by Crippen LogP contribution is -2.13. The molecular formula is C16H14BrCl2NO2. The van der Waals surface area contributed by atoms with E-state index in [9.17, 15) is 4.79 Å². The fraction of sp³-hybridized carbons (Fsp3) is 0.188. The Hall–Kier alpha value is -1.23. The predicted octanol–water partition coefficient (Wildman–Crippen LogP) is 5.80. The molecule has 0 aliphatic carbocycles. The normalized spacial score (nSPS) is 10.6. The highest BCUT2D eigenvalue weighted by Gasteiger charge is 2.12. The molecule has 0 radical (unpaired) electrons. The van der Waals surface area contributed by atoms with Crippen molar-refractivity contribution in [1.29, 1.82) is 0 Å². The standard InChI is InChI=1S/C16H14BrCl2NO2/c1-9(2)22-14-7-6-10(8-11(14)17)16(21)20-13-5-3-4-12(18)15(13)19/h3-9H,1-2H3,(H,20,21). The van der Waals surface area contributed by atoms with Gasteiger partial charge in [-0.15, -0.1) is 0 Å². The third-order valence-electron chi connectivity index (χ3n) is 2.76. The van der Waals surface area contributed by atoms with E-state index in [1.165, 1.54) is 0 Å². The van der Waals surface area contributed by atoms with Gasteiger partial charge in [-0.25, -0.2) is 0 Å². The second kappa shape index (κ2) is 7.36. The van der Waals surface area contributed by atoms with E-state index >= 15 is 0 Å². The van der Waals surface area contributed by atoms with Crippen LogP contribution in [0.15, 0.2) is 40.9 Å². The van der Waals surface area contributed by atoms with Crippen molar-refractivity contribution >= 4 is 50.7 Å². The summed E-state index contributed by atoms with van der Waals surface area (Å²) in [6, 6.07) is 10.2. The molecule has 0 saturated carbocycles. The molecule has 0 aliphatic heterocycles. The number of rotatable bonds is 4. The molecule has 2 aromatic rings. The van der Waals surface area contributed by atoms with Gasteiger partial charge in [0.25, 0.3) is 5.91 Å². The molecule has 0 atom stereocenters. The van der Waals surface area contributed by atoms with E-state index in [0.29, 0.717) is 31.5 Å². The van der Waals surface area contributed by atoms with Crippen LogP contribution in [-0.4, -0.2) is 12.0 Å². The summed E-state index contributed by atoms with van der Waals surface area (Å²) in [5.74, 6) is 0.410. The number of hydrogen-bond acceptors (Lipinski definition) is 2. The topological polar surface area (TPSA) is 38.3 Å². The number of amides is 1. The van der Waals surface area contributed by atoms with E-state index in [2.05, 4.69) is 21.2 Å². The fourth-order valence-corrected chi connectivity index (χ4v) is 2.61. The number of carbonyl (C=O) groups excluding carboxylic acids is 1. The summed E-state index contributed by atoms with van der Waals surface area (Å²) in [4.78, 5) is 12.3. The van der Waals surface area contributed by atoms with Crippen molar-refractivity contribution in [1.82, 2.24) is 0 Å². The van der Waals surface area contributed by atoms with Crippen LogP contribution in [0, 0.1) is 0 Å². The average molecular weight is 403 g/mol. The van der Waals surface area contributed by atoms with Gasteiger partial charge in [-0.05, 0) is 60.1 Å². The molecule has 2 aromatic carbocycles. The average Bonchev–Trinajstić information content (AvgIpc) is 2.45. The Morgan fingerprint density at radius 2 is 1.95 bits per heavy atom. The van der Waals surface area contributed by atoms with E-state index in [-0.39, 0.29) is 12.0 Å². The van der Waals surface area contributed by atoms with Gasteiger partial charge in [-0.2, -0.15) is 0 Å². The monoisotopic (exact) mass is 401 g/mol. The molecule has 2 rings (SSSR count). The van der Waals surface area contributed by atoms with Gasteiger partial charge in [-0.1, -0.05) is 29.3 Å². The maximum atomic E-state index is 12.3. The first kappa shape index (κ1) is 17.1. The summed E-state index contributed by atoms with van der Waals surface area (Å²) in [5.41, 5.74) is 0.955. The molecule has 22 heavy (non-hydrogen) atoms. The Morgan fingerprint density at radius 3 is 2.59 bits per heavy atom. The summed E-state index contributed by atoms with van der Waals surface area (Å²) in [6.07, 6.45) is 0.0567. The second-order valence-corrected chi connectivity index (χ2v) is 6.51. The Bertz CT molecular complexity index is 705. The summed E-state index contributed by atoms with van der Waals surface area (Å²) in [5, 5.41) is 3.44. The second-order valence-electron chi connectivity index (χ2n) is 4.87. The molecule has 116 valence electrons. The zero-order valence-corrected chi connectivity index (χ0v) is 15.1. The van der Waals surface area contributed by atoms with Crippen LogP contribution in [0.2, 0.25) is 10.0 Å². The minimum Gasteiger partial charge on any atom is -0.490 e. The van der Waals surface area contributed by atoms with Gasteiger partial charge in [0.05, 0.1) is 26.3 Å². The van der Waals surface area contributed by atoms with Gasteiger partial charge < -0.3 is 10.1 Å². The number of halogens is 3. The van der Waals surface area contributed by atoms with Gasteiger partial charge in [0.1, 0.15) is 5.75 Å². The van der Waals surface area contributed by atoms with Crippen LogP contribution in [-0.2, 0) is 0 Å². The van der Waals surface area contributed by atoms with Crippen LogP contribution in [0.5, 0.6) is 5.75 Å². The smallest absolute Gasteiger partial charge is 0.255 e. The van der Waals surface area contributed by atoms with Crippen molar-refractivity contribution in [2.75, 3.05) is 5.32 Å². The maximum absolute atomic E-state index is 12.3. The van der Waals surface area contributed by atoms with Crippen LogP contribution in [0.3, 0.4) is 0 Å². The maximum Gasteiger partial charge on any atom is 0.255 e. The largest absolute Gasteiger partial charge is 0.490 e. The van der Waals surface area contributed by atoms with Crippen molar-refractivity contribution in [2.45, 2.75) is 20.0 Å². The molecule has 0 aliphatic rings. The highest BCUT2D eigenvalue weighted by atomic mass is 79.9. The lowest BCUT2D eigenvalue weighted by atomic mass is 10.2. The van der Waals surface area contributed by atoms with Gasteiger partial charge >= 0.3 is 0 Å². The molecule has 0 bridgehead atoms. The minimum atomic E-state index is -0.277. The molecule has 0 fully saturated rings. The van der Waals surface area contributed by atoms with Crippen molar-refractivity contribution < 1.29 is 9.53 Å². The third-order valence-corrected chi connectivity index (χ3v) is 4.20. The Kier molecular flexibility index (Phi) is 5.73. The molecule has 6 heteroatoms. The van der Waals surface area contributed by atoms with E-state index in [1.54, 1.807) is 36.4 Å². The molecule has 0 spiro atoms. The first-order valence-electron chi connectivity index (χ1n) is 6.60. The number of hydrogen-bond donors (Lipinski definition) is 1. The fourth-order valence-electron chi connectivity index (χ4n) is 1.79. The first-order chi connectivity index (χ1) is 10.4. The van der Waals surface area contributed by atoms with Crippen molar-refractivity contribution in [3.05, 3.63) is 56.5 Å². The lowest BCUT2D eigenvalue weighted by molar-refractivity contribution is 0.102. The Labute approximate surface area is 147 Å².